The van der Waals surface area contributed by atoms with E-state index < -0.39 is 11.7 Å². The van der Waals surface area contributed by atoms with Gasteiger partial charge in [-0.1, -0.05) is 36.0 Å². The van der Waals surface area contributed by atoms with E-state index in [1.807, 2.05) is 24.3 Å². The molecule has 0 spiro atoms. The molecule has 0 unspecified atom stereocenters. The van der Waals surface area contributed by atoms with Crippen molar-refractivity contribution in [2.75, 3.05) is 5.75 Å². The molecule has 0 aliphatic heterocycles. The highest BCUT2D eigenvalue weighted by Gasteiger charge is 2.30. The lowest BCUT2D eigenvalue weighted by molar-refractivity contribution is -0.137. The SMILES string of the molecule is O=C(CSc1nc2ccccc2s1)N/N=C/c1ccc(-c2cccc(C(F)(F)F)c2)o1. The summed E-state index contributed by atoms with van der Waals surface area (Å²) in [7, 11) is 0. The molecule has 10 heteroatoms. The van der Waals surface area contributed by atoms with Gasteiger partial charge in [0.25, 0.3) is 5.91 Å². The number of amides is 1. The van der Waals surface area contributed by atoms with Crippen LogP contribution in [0.5, 0.6) is 0 Å². The first kappa shape index (κ1) is 21.1. The molecule has 0 saturated heterocycles. The number of nitrogens with zero attached hydrogens (tertiary/aromatic N) is 2. The van der Waals surface area contributed by atoms with Crippen molar-refractivity contribution >= 4 is 45.4 Å². The Morgan fingerprint density at radius 3 is 2.81 bits per heavy atom. The summed E-state index contributed by atoms with van der Waals surface area (Å²) in [6.07, 6.45) is -3.14. The first-order valence-corrected chi connectivity index (χ1v) is 10.8. The van der Waals surface area contributed by atoms with Gasteiger partial charge in [0, 0.05) is 5.56 Å². The summed E-state index contributed by atoms with van der Waals surface area (Å²) < 4.78 is 45.9. The Labute approximate surface area is 183 Å². The number of rotatable bonds is 6. The lowest BCUT2D eigenvalue weighted by Crippen LogP contribution is -2.19. The fraction of sp³-hybridized carbons (Fsp3) is 0.0952. The van der Waals surface area contributed by atoms with Gasteiger partial charge in [-0.25, -0.2) is 10.4 Å². The van der Waals surface area contributed by atoms with E-state index in [0.29, 0.717) is 11.3 Å². The number of thioether (sulfide) groups is 1. The van der Waals surface area contributed by atoms with Gasteiger partial charge < -0.3 is 4.42 Å². The van der Waals surface area contributed by atoms with Gasteiger partial charge in [0.05, 0.1) is 27.7 Å². The van der Waals surface area contributed by atoms with Crippen molar-refractivity contribution in [2.24, 2.45) is 5.10 Å². The highest BCUT2D eigenvalue weighted by Crippen LogP contribution is 2.32. The minimum Gasteiger partial charge on any atom is -0.455 e. The maximum absolute atomic E-state index is 12.9. The Morgan fingerprint density at radius 2 is 2.00 bits per heavy atom. The van der Waals surface area contributed by atoms with E-state index in [0.717, 1.165) is 26.7 Å². The lowest BCUT2D eigenvalue weighted by atomic mass is 10.1. The summed E-state index contributed by atoms with van der Waals surface area (Å²) in [5.41, 5.74) is 2.82. The van der Waals surface area contributed by atoms with Crippen molar-refractivity contribution in [1.82, 2.24) is 10.4 Å². The summed E-state index contributed by atoms with van der Waals surface area (Å²) in [6.45, 7) is 0. The number of aromatic nitrogens is 1. The maximum Gasteiger partial charge on any atom is 0.416 e. The first-order chi connectivity index (χ1) is 14.9. The summed E-state index contributed by atoms with van der Waals surface area (Å²) in [6, 6.07) is 15.7. The van der Waals surface area contributed by atoms with E-state index in [1.54, 1.807) is 12.1 Å². The number of carbonyl (C=O) groups excluding carboxylic acids is 1. The minimum absolute atomic E-state index is 0.144. The van der Waals surface area contributed by atoms with Crippen LogP contribution in [0.3, 0.4) is 0 Å². The number of hydrogen-bond acceptors (Lipinski definition) is 6. The molecule has 0 bridgehead atoms. The number of hydrazone groups is 1. The van der Waals surface area contributed by atoms with E-state index in [4.69, 9.17) is 4.42 Å². The standard InChI is InChI=1S/C21H14F3N3O2S2/c22-21(23,24)14-5-3-4-13(10-14)17-9-8-15(29-17)11-25-27-19(28)12-30-20-26-16-6-1-2-7-18(16)31-20/h1-11H,12H2,(H,27,28)/b25-11+. The summed E-state index contributed by atoms with van der Waals surface area (Å²) in [5.74, 6) is 0.395. The molecule has 2 aromatic carbocycles. The second-order valence-electron chi connectivity index (χ2n) is 6.31. The predicted molar refractivity (Wildman–Crippen MR) is 115 cm³/mol. The molecular formula is C21H14F3N3O2S2. The number of carbonyl (C=O) groups is 1. The van der Waals surface area contributed by atoms with E-state index in [1.165, 1.54) is 41.4 Å². The van der Waals surface area contributed by atoms with E-state index >= 15 is 0 Å². The molecule has 1 amide bonds. The Bertz CT molecular complexity index is 1210. The third kappa shape index (κ3) is 5.33. The Balaban J connectivity index is 1.32. The molecular weight excluding hydrogens is 447 g/mol. The van der Waals surface area contributed by atoms with Crippen molar-refractivity contribution in [2.45, 2.75) is 10.5 Å². The van der Waals surface area contributed by atoms with Crippen LogP contribution in [-0.2, 0) is 11.0 Å². The van der Waals surface area contributed by atoms with Crippen molar-refractivity contribution in [3.05, 3.63) is 72.0 Å². The molecule has 0 aliphatic carbocycles. The first-order valence-electron chi connectivity index (χ1n) is 8.96. The number of para-hydroxylation sites is 1. The van der Waals surface area contributed by atoms with Gasteiger partial charge in [-0.2, -0.15) is 18.3 Å². The van der Waals surface area contributed by atoms with Crippen molar-refractivity contribution in [3.8, 4) is 11.3 Å². The topological polar surface area (TPSA) is 67.5 Å². The second kappa shape index (κ2) is 8.94. The summed E-state index contributed by atoms with van der Waals surface area (Å²) >= 11 is 2.82. The molecule has 0 atom stereocenters. The van der Waals surface area contributed by atoms with Gasteiger partial charge in [0.15, 0.2) is 4.34 Å². The molecule has 1 N–H and O–H groups in total. The Hall–Kier alpha value is -3.11. The Morgan fingerprint density at radius 1 is 1.16 bits per heavy atom. The van der Waals surface area contributed by atoms with Gasteiger partial charge in [-0.05, 0) is 36.4 Å². The third-order valence-electron chi connectivity index (χ3n) is 4.08. The van der Waals surface area contributed by atoms with Crippen molar-refractivity contribution < 1.29 is 22.4 Å². The number of benzene rings is 2. The normalized spacial score (nSPS) is 12.0. The smallest absolute Gasteiger partial charge is 0.416 e. The Kier molecular flexibility index (Phi) is 6.10. The van der Waals surface area contributed by atoms with Crippen LogP contribution in [0, 0.1) is 0 Å². The number of thiazole rings is 1. The van der Waals surface area contributed by atoms with Crippen LogP contribution >= 0.6 is 23.1 Å². The fourth-order valence-corrected chi connectivity index (χ4v) is 4.53. The number of nitrogens with one attached hydrogen (secondary N) is 1. The van der Waals surface area contributed by atoms with Crippen molar-refractivity contribution in [3.63, 3.8) is 0 Å². The molecule has 0 fully saturated rings. The average molecular weight is 461 g/mol. The largest absolute Gasteiger partial charge is 0.455 e. The van der Waals surface area contributed by atoms with Crippen molar-refractivity contribution in [1.29, 1.82) is 0 Å². The van der Waals surface area contributed by atoms with Gasteiger partial charge >= 0.3 is 6.18 Å². The number of halogens is 3. The van der Waals surface area contributed by atoms with Gasteiger partial charge in [0.2, 0.25) is 0 Å². The number of furan rings is 1. The van der Waals surface area contributed by atoms with Crippen LogP contribution in [0.15, 0.2) is 74.5 Å². The highest BCUT2D eigenvalue weighted by atomic mass is 32.2. The van der Waals surface area contributed by atoms with Gasteiger partial charge in [0.1, 0.15) is 11.5 Å². The molecule has 31 heavy (non-hydrogen) atoms. The van der Waals surface area contributed by atoms with Crippen LogP contribution in [0.25, 0.3) is 21.5 Å². The molecule has 4 rings (SSSR count). The van der Waals surface area contributed by atoms with Crippen LogP contribution < -0.4 is 5.43 Å². The molecule has 2 heterocycles. The van der Waals surface area contributed by atoms with Crippen LogP contribution in [0.1, 0.15) is 11.3 Å². The number of alkyl halides is 3. The summed E-state index contributed by atoms with van der Waals surface area (Å²) in [5, 5.41) is 3.83. The maximum atomic E-state index is 12.9. The van der Waals surface area contributed by atoms with Crippen LogP contribution in [-0.4, -0.2) is 22.9 Å². The monoisotopic (exact) mass is 461 g/mol. The second-order valence-corrected chi connectivity index (χ2v) is 8.56. The van der Waals surface area contributed by atoms with E-state index in [9.17, 15) is 18.0 Å². The zero-order valence-corrected chi connectivity index (χ0v) is 17.4. The average Bonchev–Trinajstić information content (AvgIpc) is 3.38. The van der Waals surface area contributed by atoms with Crippen LogP contribution in [0.4, 0.5) is 13.2 Å². The molecule has 2 aromatic heterocycles. The molecule has 0 saturated carbocycles. The molecule has 5 nitrogen and oxygen atoms in total. The van der Waals surface area contributed by atoms with Gasteiger partial charge in [-0.15, -0.1) is 11.3 Å². The van der Waals surface area contributed by atoms with E-state index in [2.05, 4.69) is 15.5 Å². The zero-order valence-electron chi connectivity index (χ0n) is 15.7. The number of fused-ring (bicyclic) bond motifs is 1. The highest BCUT2D eigenvalue weighted by molar-refractivity contribution is 8.01. The molecule has 4 aromatic rings. The molecule has 0 radical (unpaired) electrons. The zero-order chi connectivity index (χ0) is 21.8. The van der Waals surface area contributed by atoms with E-state index in [-0.39, 0.29) is 17.4 Å². The minimum atomic E-state index is -4.43. The lowest BCUT2D eigenvalue weighted by Gasteiger charge is -2.07. The summed E-state index contributed by atoms with van der Waals surface area (Å²) in [4.78, 5) is 16.4. The molecule has 158 valence electrons. The third-order valence-corrected chi connectivity index (χ3v) is 6.26. The van der Waals surface area contributed by atoms with Gasteiger partial charge in [-0.3, -0.25) is 4.79 Å². The number of hydrogen-bond donors (Lipinski definition) is 1. The predicted octanol–water partition coefficient (Wildman–Crippen LogP) is 5.82. The van der Waals surface area contributed by atoms with Crippen LogP contribution in [0.2, 0.25) is 0 Å². The molecule has 0 aliphatic rings. The fourth-order valence-electron chi connectivity index (χ4n) is 2.67. The quantitative estimate of drug-likeness (QED) is 0.223.